The highest BCUT2D eigenvalue weighted by atomic mass is 35.5. The van der Waals surface area contributed by atoms with Crippen molar-refractivity contribution in [1.29, 1.82) is 0 Å². The van der Waals surface area contributed by atoms with Crippen LogP contribution in [0.25, 0.3) is 10.9 Å². The Morgan fingerprint density at radius 3 is 2.94 bits per heavy atom. The predicted octanol–water partition coefficient (Wildman–Crippen LogP) is 5.22. The fraction of sp³-hybridized carbons (Fsp3) is 0.296. The van der Waals surface area contributed by atoms with Crippen LogP contribution in [0.5, 0.6) is 0 Å². The summed E-state index contributed by atoms with van der Waals surface area (Å²) < 4.78 is 0. The average Bonchev–Trinajstić information content (AvgIpc) is 3.37. The van der Waals surface area contributed by atoms with Crippen LogP contribution in [0.15, 0.2) is 67.3 Å². The van der Waals surface area contributed by atoms with Crippen LogP contribution in [0.1, 0.15) is 48.7 Å². The van der Waals surface area contributed by atoms with E-state index < -0.39 is 0 Å². The Morgan fingerprint density at radius 2 is 2.03 bits per heavy atom. The molecule has 3 heterocycles. The number of fused-ring (bicyclic) bond motifs is 1. The average molecular weight is 487 g/mol. The minimum absolute atomic E-state index is 0.0203. The second-order valence-corrected chi connectivity index (χ2v) is 9.19. The zero-order valence-corrected chi connectivity index (χ0v) is 20.2. The number of halogens is 1. The number of nitrogens with one attached hydrogen (secondary N) is 1. The van der Waals surface area contributed by atoms with Crippen LogP contribution in [-0.4, -0.2) is 43.8 Å². The van der Waals surface area contributed by atoms with Crippen molar-refractivity contribution in [2.75, 3.05) is 18.4 Å². The minimum atomic E-state index is -0.0203. The summed E-state index contributed by atoms with van der Waals surface area (Å²) in [5.74, 6) is 0.956. The van der Waals surface area contributed by atoms with E-state index in [9.17, 15) is 4.79 Å². The van der Waals surface area contributed by atoms with Crippen molar-refractivity contribution in [2.24, 2.45) is 0 Å². The maximum atomic E-state index is 13.1. The lowest BCUT2D eigenvalue weighted by atomic mass is 10.1. The largest absolute Gasteiger partial charge is 0.369 e. The van der Waals surface area contributed by atoms with Crippen LogP contribution in [0, 0.1) is 0 Å². The van der Waals surface area contributed by atoms with E-state index in [0.29, 0.717) is 24.4 Å². The number of carbonyl (C=O) groups is 1. The standard InChI is InChI=1S/C27H27ClN6O/c28-20-7-3-6-19(14-20)15-21-16-29-17-24(33-21)25-10-5-13-34(25)26(35)11-4-12-30-27-22-8-1-2-9-23(22)31-18-32-27/h1-3,6-9,14,16-18,25H,4-5,10-13,15H2,(H,30,31,32). The van der Waals surface area contributed by atoms with E-state index in [1.807, 2.05) is 53.4 Å². The zero-order chi connectivity index (χ0) is 24.0. The highest BCUT2D eigenvalue weighted by Gasteiger charge is 2.30. The number of nitrogens with zero attached hydrogens (tertiary/aromatic N) is 5. The number of rotatable bonds is 8. The minimum Gasteiger partial charge on any atom is -0.369 e. The molecule has 35 heavy (non-hydrogen) atoms. The first-order chi connectivity index (χ1) is 17.2. The van der Waals surface area contributed by atoms with E-state index in [2.05, 4.69) is 20.3 Å². The Bertz CT molecular complexity index is 1320. The topological polar surface area (TPSA) is 83.9 Å². The summed E-state index contributed by atoms with van der Waals surface area (Å²) in [6.45, 7) is 1.42. The van der Waals surface area contributed by atoms with Gasteiger partial charge in [-0.2, -0.15) is 0 Å². The van der Waals surface area contributed by atoms with Gasteiger partial charge in [0.05, 0.1) is 29.1 Å². The number of para-hydroxylation sites is 1. The van der Waals surface area contributed by atoms with Crippen LogP contribution >= 0.6 is 11.6 Å². The molecule has 2 aromatic carbocycles. The van der Waals surface area contributed by atoms with Crippen LogP contribution in [-0.2, 0) is 11.2 Å². The molecule has 0 bridgehead atoms. The SMILES string of the molecule is O=C(CCCNc1ncnc2ccccc12)N1CCCC1c1cncc(Cc2cccc(Cl)c2)n1. The molecule has 0 spiro atoms. The number of carbonyl (C=O) groups excluding carboxylic acids is 1. The van der Waals surface area contributed by atoms with Gasteiger partial charge in [-0.1, -0.05) is 35.9 Å². The number of amides is 1. The Balaban J connectivity index is 1.18. The van der Waals surface area contributed by atoms with Gasteiger partial charge in [0, 0.05) is 42.5 Å². The predicted molar refractivity (Wildman–Crippen MR) is 137 cm³/mol. The second-order valence-electron chi connectivity index (χ2n) is 8.76. The summed E-state index contributed by atoms with van der Waals surface area (Å²) in [5, 5.41) is 5.05. The molecule has 0 aliphatic carbocycles. The molecule has 7 nitrogen and oxygen atoms in total. The lowest BCUT2D eigenvalue weighted by molar-refractivity contribution is -0.132. The zero-order valence-electron chi connectivity index (χ0n) is 19.4. The first kappa shape index (κ1) is 23.2. The van der Waals surface area contributed by atoms with Crippen molar-refractivity contribution < 1.29 is 4.79 Å². The maximum absolute atomic E-state index is 13.1. The van der Waals surface area contributed by atoms with E-state index >= 15 is 0 Å². The molecule has 4 aromatic rings. The smallest absolute Gasteiger partial charge is 0.223 e. The third-order valence-electron chi connectivity index (χ3n) is 6.29. The molecule has 1 unspecified atom stereocenters. The molecule has 1 atom stereocenters. The van der Waals surface area contributed by atoms with Crippen LogP contribution < -0.4 is 5.32 Å². The van der Waals surface area contributed by atoms with Crippen LogP contribution in [0.3, 0.4) is 0 Å². The molecule has 5 rings (SSSR count). The summed E-state index contributed by atoms with van der Waals surface area (Å²) in [6.07, 6.45) is 8.88. The summed E-state index contributed by atoms with van der Waals surface area (Å²) in [7, 11) is 0. The molecule has 178 valence electrons. The number of hydrogen-bond donors (Lipinski definition) is 1. The highest BCUT2D eigenvalue weighted by molar-refractivity contribution is 6.30. The van der Waals surface area contributed by atoms with E-state index in [4.69, 9.17) is 16.6 Å². The van der Waals surface area contributed by atoms with Crippen molar-refractivity contribution in [2.45, 2.75) is 38.1 Å². The first-order valence-electron chi connectivity index (χ1n) is 12.0. The van der Waals surface area contributed by atoms with E-state index in [-0.39, 0.29) is 11.9 Å². The molecular weight excluding hydrogens is 460 g/mol. The quantitative estimate of drug-likeness (QED) is 0.344. The number of hydrogen-bond acceptors (Lipinski definition) is 6. The molecule has 1 saturated heterocycles. The van der Waals surface area contributed by atoms with Gasteiger partial charge in [-0.15, -0.1) is 0 Å². The third kappa shape index (κ3) is 5.57. The fourth-order valence-corrected chi connectivity index (χ4v) is 4.85. The molecule has 1 aliphatic rings. The van der Waals surface area contributed by atoms with Crippen molar-refractivity contribution in [3.63, 3.8) is 0 Å². The monoisotopic (exact) mass is 486 g/mol. The first-order valence-corrected chi connectivity index (χ1v) is 12.3. The van der Waals surface area contributed by atoms with Crippen LogP contribution in [0.4, 0.5) is 5.82 Å². The van der Waals surface area contributed by atoms with Crippen LogP contribution in [0.2, 0.25) is 5.02 Å². The summed E-state index contributed by atoms with van der Waals surface area (Å²) in [5.41, 5.74) is 3.73. The fourth-order valence-electron chi connectivity index (χ4n) is 4.63. The molecule has 0 radical (unpaired) electrons. The number of aromatic nitrogens is 4. The third-order valence-corrected chi connectivity index (χ3v) is 6.53. The van der Waals surface area contributed by atoms with Gasteiger partial charge in [0.15, 0.2) is 0 Å². The molecule has 2 aromatic heterocycles. The van der Waals surface area contributed by atoms with Gasteiger partial charge in [-0.25, -0.2) is 9.97 Å². The molecule has 1 N–H and O–H groups in total. The van der Waals surface area contributed by atoms with Gasteiger partial charge in [0.2, 0.25) is 5.91 Å². The Morgan fingerprint density at radius 1 is 1.11 bits per heavy atom. The molecular formula is C27H27ClN6O. The second kappa shape index (κ2) is 10.8. The van der Waals surface area contributed by atoms with Crippen molar-refractivity contribution in [3.05, 3.63) is 89.2 Å². The summed E-state index contributed by atoms with van der Waals surface area (Å²) in [4.78, 5) is 33.0. The van der Waals surface area contributed by atoms with Gasteiger partial charge in [0.1, 0.15) is 12.1 Å². The Kier molecular flexibility index (Phi) is 7.14. The lowest BCUT2D eigenvalue weighted by Crippen LogP contribution is -2.31. The summed E-state index contributed by atoms with van der Waals surface area (Å²) in [6, 6.07) is 15.7. The van der Waals surface area contributed by atoms with Crippen molar-refractivity contribution in [1.82, 2.24) is 24.8 Å². The van der Waals surface area contributed by atoms with E-state index in [0.717, 1.165) is 59.5 Å². The maximum Gasteiger partial charge on any atom is 0.223 e. The van der Waals surface area contributed by atoms with Gasteiger partial charge in [-0.05, 0) is 49.1 Å². The number of benzene rings is 2. The summed E-state index contributed by atoms with van der Waals surface area (Å²) >= 11 is 6.12. The van der Waals surface area contributed by atoms with Gasteiger partial charge in [-0.3, -0.25) is 14.8 Å². The Labute approximate surface area is 209 Å². The van der Waals surface area contributed by atoms with Crippen molar-refractivity contribution >= 4 is 34.2 Å². The van der Waals surface area contributed by atoms with E-state index in [1.165, 1.54) is 0 Å². The lowest BCUT2D eigenvalue weighted by Gasteiger charge is -2.24. The van der Waals surface area contributed by atoms with Crippen molar-refractivity contribution in [3.8, 4) is 0 Å². The molecule has 1 aliphatic heterocycles. The molecule has 8 heteroatoms. The van der Waals surface area contributed by atoms with E-state index in [1.54, 1.807) is 18.7 Å². The molecule has 1 fully saturated rings. The normalized spacial score (nSPS) is 15.5. The van der Waals surface area contributed by atoms with Gasteiger partial charge in [0.25, 0.3) is 0 Å². The highest BCUT2D eigenvalue weighted by Crippen LogP contribution is 2.31. The Hall–Kier alpha value is -3.58. The van der Waals surface area contributed by atoms with Gasteiger partial charge >= 0.3 is 0 Å². The molecule has 1 amide bonds. The number of anilines is 1. The van der Waals surface area contributed by atoms with Gasteiger partial charge < -0.3 is 10.2 Å². The number of likely N-dealkylation sites (tertiary alicyclic amines) is 1. The molecule has 0 saturated carbocycles.